The second-order valence-corrected chi connectivity index (χ2v) is 27.2. The molecule has 13 aromatic carbocycles. The minimum atomic E-state index is -0.170. The molecule has 7 heteroatoms. The van der Waals surface area contributed by atoms with Crippen LogP contribution in [0.1, 0.15) is 52.7 Å². The van der Waals surface area contributed by atoms with Gasteiger partial charge in [0, 0.05) is 87.8 Å². The Kier molecular flexibility index (Phi) is 12.0. The highest BCUT2D eigenvalue weighted by atomic mass is 32.1. The number of nitrogens with zero attached hydrogens (tertiary/aromatic N) is 4. The normalized spacial score (nSPS) is 13.0. The predicted octanol–water partition coefficient (Wildman–Crippen LogP) is 21.9. The van der Waals surface area contributed by atoms with Crippen molar-refractivity contribution in [2.24, 2.45) is 0 Å². The van der Waals surface area contributed by atoms with Crippen LogP contribution in [0, 0.1) is 0 Å². The number of rotatable bonds is 8. The van der Waals surface area contributed by atoms with Crippen molar-refractivity contribution in [1.82, 2.24) is 0 Å². The van der Waals surface area contributed by atoms with Gasteiger partial charge < -0.3 is 24.0 Å². The second-order valence-electron chi connectivity index (χ2n) is 26.2. The molecule has 0 fully saturated rings. The van der Waals surface area contributed by atoms with Gasteiger partial charge in [0.05, 0.1) is 11.4 Å². The van der Waals surface area contributed by atoms with E-state index in [1.165, 1.54) is 69.5 Å². The van der Waals surface area contributed by atoms with E-state index in [2.05, 4.69) is 334 Å². The molecular weight excluding hydrogens is 1100 g/mol. The van der Waals surface area contributed by atoms with E-state index in [-0.39, 0.29) is 17.5 Å². The maximum Gasteiger partial charge on any atom is 0.252 e. The van der Waals surface area contributed by atoms with Gasteiger partial charge in [-0.25, -0.2) is 0 Å². The second kappa shape index (κ2) is 20.1. The van der Waals surface area contributed by atoms with Gasteiger partial charge in [0.1, 0.15) is 5.58 Å². The summed E-state index contributed by atoms with van der Waals surface area (Å²) < 4.78 is 9.54. The molecule has 0 aliphatic carbocycles. The average molecular weight is 1160 g/mol. The lowest BCUT2D eigenvalue weighted by Gasteiger charge is -2.45. The number of hydrogen-bond acceptors (Lipinski definition) is 6. The van der Waals surface area contributed by atoms with E-state index in [9.17, 15) is 0 Å². The molecule has 0 bridgehead atoms. The SMILES string of the molecule is CC(C)(C)c1ccc(N2c3cc(N(c4ccc5ccccc5c4)c4cccc5c4oc4ccccc45)ccc3B3c4cc5sc6ccccc6c5cc4N(c4ccc(C(C)(C)C)cc4)c4cc(N(c5ccccc5)c5ccc6ccccc6c5)cc2c43)cc1. The van der Waals surface area contributed by atoms with Crippen molar-refractivity contribution in [2.75, 3.05) is 19.6 Å². The summed E-state index contributed by atoms with van der Waals surface area (Å²) >= 11 is 1.89. The predicted molar refractivity (Wildman–Crippen MR) is 382 cm³/mol. The standard InChI is InChI=1S/C82H63BN4OS/c1-81(2,3)56-33-39-59(40-34-56)86-72-47-63(85(62-38-32-53-20-11-13-22-55(53)46-62)71-28-18-27-67-65-25-14-16-29-76(65)88-80(67)71)43-44-69(72)83-70-51-78-68(66-26-15-17-30-77(66)89-78)50-73(70)87(60-41-35-57(36-42-60)82(4,5)6)75-49-64(48-74(86)79(75)83)84(58-23-8-7-9-24-58)61-37-31-52-19-10-12-21-54(52)45-61/h7-51H,1-6H3. The number of benzene rings is 13. The Labute approximate surface area is 523 Å². The van der Waals surface area contributed by atoms with E-state index in [4.69, 9.17) is 4.42 Å². The first-order valence-electron chi connectivity index (χ1n) is 31.0. The summed E-state index contributed by atoms with van der Waals surface area (Å²) in [5.41, 5.74) is 20.9. The molecule has 0 unspecified atom stereocenters. The number of fused-ring (bicyclic) bond motifs is 12. The molecule has 0 saturated heterocycles. The maximum absolute atomic E-state index is 6.98. The van der Waals surface area contributed by atoms with Gasteiger partial charge in [-0.05, 0) is 175 Å². The highest BCUT2D eigenvalue weighted by Gasteiger charge is 2.45. The van der Waals surface area contributed by atoms with Crippen molar-refractivity contribution in [3.8, 4) is 0 Å². The summed E-state index contributed by atoms with van der Waals surface area (Å²) in [5, 5.41) is 9.45. The van der Waals surface area contributed by atoms with E-state index >= 15 is 0 Å². The van der Waals surface area contributed by atoms with Crippen LogP contribution in [0.4, 0.5) is 68.2 Å². The summed E-state index contributed by atoms with van der Waals surface area (Å²) in [7, 11) is 0. The summed E-state index contributed by atoms with van der Waals surface area (Å²) in [5.74, 6) is 0. The number of anilines is 12. The van der Waals surface area contributed by atoms with E-state index in [0.29, 0.717) is 0 Å². The van der Waals surface area contributed by atoms with Gasteiger partial charge in [0.25, 0.3) is 6.71 Å². The molecule has 0 atom stereocenters. The number of thiophene rings is 1. The average Bonchev–Trinajstić information content (AvgIpc) is 1.22. The highest BCUT2D eigenvalue weighted by molar-refractivity contribution is 7.26. The lowest BCUT2D eigenvalue weighted by atomic mass is 9.33. The number of furan rings is 1. The molecule has 2 aromatic heterocycles. The van der Waals surface area contributed by atoms with Crippen molar-refractivity contribution in [1.29, 1.82) is 0 Å². The molecule has 0 amide bonds. The van der Waals surface area contributed by atoms with Crippen molar-refractivity contribution in [3.05, 3.63) is 284 Å². The molecule has 89 heavy (non-hydrogen) atoms. The van der Waals surface area contributed by atoms with E-state index in [1.807, 2.05) is 11.3 Å². The Morgan fingerprint density at radius 2 is 0.865 bits per heavy atom. The Bertz CT molecular complexity index is 5330. The Balaban J connectivity index is 0.995. The van der Waals surface area contributed by atoms with Gasteiger partial charge in [0.15, 0.2) is 5.58 Å². The fourth-order valence-electron chi connectivity index (χ4n) is 14.2. The first-order valence-corrected chi connectivity index (χ1v) is 31.8. The van der Waals surface area contributed by atoms with Crippen molar-refractivity contribution in [2.45, 2.75) is 52.4 Å². The molecule has 4 heterocycles. The molecule has 426 valence electrons. The molecule has 17 rings (SSSR count). The first kappa shape index (κ1) is 52.9. The molecule has 15 aromatic rings. The molecule has 0 N–H and O–H groups in total. The van der Waals surface area contributed by atoms with Crippen molar-refractivity contribution in [3.63, 3.8) is 0 Å². The van der Waals surface area contributed by atoms with Gasteiger partial charge in [-0.3, -0.25) is 0 Å². The van der Waals surface area contributed by atoms with Crippen molar-refractivity contribution < 1.29 is 4.42 Å². The van der Waals surface area contributed by atoms with Crippen LogP contribution < -0.4 is 36.0 Å². The summed E-state index contributed by atoms with van der Waals surface area (Å²) in [4.78, 5) is 10.1. The van der Waals surface area contributed by atoms with E-state index in [1.54, 1.807) is 0 Å². The van der Waals surface area contributed by atoms with Gasteiger partial charge in [-0.2, -0.15) is 0 Å². The molecule has 0 spiro atoms. The third kappa shape index (κ3) is 8.65. The summed E-state index contributed by atoms with van der Waals surface area (Å²) in [6, 6.07) is 102. The van der Waals surface area contributed by atoms with Crippen LogP contribution in [0.15, 0.2) is 277 Å². The van der Waals surface area contributed by atoms with Gasteiger partial charge in [-0.15, -0.1) is 11.3 Å². The topological polar surface area (TPSA) is 26.1 Å². The zero-order chi connectivity index (χ0) is 59.9. The molecule has 2 aliphatic heterocycles. The number of hydrogen-bond donors (Lipinski definition) is 0. The van der Waals surface area contributed by atoms with E-state index < -0.39 is 0 Å². The molecule has 2 aliphatic rings. The van der Waals surface area contributed by atoms with Gasteiger partial charge >= 0.3 is 0 Å². The Morgan fingerprint density at radius 1 is 0.348 bits per heavy atom. The van der Waals surface area contributed by atoms with Crippen LogP contribution in [0.25, 0.3) is 63.7 Å². The van der Waals surface area contributed by atoms with Crippen LogP contribution in [0.2, 0.25) is 0 Å². The van der Waals surface area contributed by atoms with Gasteiger partial charge in [0.2, 0.25) is 0 Å². The van der Waals surface area contributed by atoms with E-state index in [0.717, 1.165) is 89.9 Å². The smallest absolute Gasteiger partial charge is 0.252 e. The summed E-state index contributed by atoms with van der Waals surface area (Å²) in [6.45, 7) is 13.6. The third-order valence-corrected chi connectivity index (χ3v) is 19.8. The minimum Gasteiger partial charge on any atom is -0.454 e. The fraction of sp³-hybridized carbons (Fsp3) is 0.0976. The van der Waals surface area contributed by atoms with Crippen LogP contribution in [0.5, 0.6) is 0 Å². The van der Waals surface area contributed by atoms with Crippen LogP contribution >= 0.6 is 11.3 Å². The quantitative estimate of drug-likeness (QED) is 0.141. The monoisotopic (exact) mass is 1160 g/mol. The van der Waals surface area contributed by atoms with Crippen LogP contribution in [-0.2, 0) is 10.8 Å². The molecule has 0 radical (unpaired) electrons. The summed E-state index contributed by atoms with van der Waals surface area (Å²) in [6.07, 6.45) is 0. The highest BCUT2D eigenvalue weighted by Crippen LogP contribution is 2.52. The Hall–Kier alpha value is -10.3. The van der Waals surface area contributed by atoms with Gasteiger partial charge in [-0.1, -0.05) is 199 Å². The lowest BCUT2D eigenvalue weighted by Crippen LogP contribution is -2.61. The maximum atomic E-state index is 6.98. The Morgan fingerprint density at radius 3 is 1.51 bits per heavy atom. The fourth-order valence-corrected chi connectivity index (χ4v) is 15.4. The zero-order valence-electron chi connectivity index (χ0n) is 50.7. The molecular formula is C82H63BN4OS. The third-order valence-electron chi connectivity index (χ3n) is 18.7. The molecule has 5 nitrogen and oxygen atoms in total. The minimum absolute atomic E-state index is 0.0334. The van der Waals surface area contributed by atoms with Crippen molar-refractivity contribution >= 4 is 166 Å². The largest absolute Gasteiger partial charge is 0.454 e. The number of para-hydroxylation sites is 3. The first-order chi connectivity index (χ1) is 43.4. The lowest BCUT2D eigenvalue weighted by molar-refractivity contribution is 0.590. The molecule has 0 saturated carbocycles. The van der Waals surface area contributed by atoms with Crippen LogP contribution in [0.3, 0.4) is 0 Å². The van der Waals surface area contributed by atoms with Crippen LogP contribution in [-0.4, -0.2) is 6.71 Å². The zero-order valence-corrected chi connectivity index (χ0v) is 51.5.